The number of aromatic nitrogens is 1. The fourth-order valence-electron chi connectivity index (χ4n) is 1.72. The predicted molar refractivity (Wildman–Crippen MR) is 75.9 cm³/mol. The maximum atomic E-state index is 13.0. The fraction of sp³-hybridized carbons (Fsp3) is 0.200. The molecule has 21 heavy (non-hydrogen) atoms. The van der Waals surface area contributed by atoms with Crippen LogP contribution in [0.5, 0.6) is 5.75 Å². The van der Waals surface area contributed by atoms with Gasteiger partial charge in [-0.25, -0.2) is 4.39 Å². The summed E-state index contributed by atoms with van der Waals surface area (Å²) in [5.74, 6) is -0.485. The van der Waals surface area contributed by atoms with Crippen molar-refractivity contribution >= 4 is 5.91 Å². The van der Waals surface area contributed by atoms with Crippen LogP contribution in [0.4, 0.5) is 4.39 Å². The van der Waals surface area contributed by atoms with Gasteiger partial charge in [0.15, 0.2) is 0 Å². The molecule has 1 aromatic heterocycles. The lowest BCUT2D eigenvalue weighted by atomic mass is 10.2. The molecule has 2 N–H and O–H groups in total. The van der Waals surface area contributed by atoms with Gasteiger partial charge in [-0.1, -0.05) is 6.07 Å². The second-order valence-corrected chi connectivity index (χ2v) is 4.56. The number of ether oxygens (including phenoxy) is 1. The summed E-state index contributed by atoms with van der Waals surface area (Å²) in [6.45, 7) is 1.90. The van der Waals surface area contributed by atoms with Crippen molar-refractivity contribution in [2.75, 3.05) is 6.61 Å². The van der Waals surface area contributed by atoms with E-state index in [2.05, 4.69) is 10.3 Å². The number of H-pyrrole nitrogens is 1. The summed E-state index contributed by atoms with van der Waals surface area (Å²) in [5, 5.41) is 2.64. The Labute approximate surface area is 120 Å². The Morgan fingerprint density at radius 3 is 2.90 bits per heavy atom. The number of carbonyl (C=O) groups is 1. The van der Waals surface area contributed by atoms with Crippen LogP contribution in [0.2, 0.25) is 0 Å². The van der Waals surface area contributed by atoms with Crippen molar-refractivity contribution in [3.05, 3.63) is 64.3 Å². The lowest BCUT2D eigenvalue weighted by Gasteiger charge is -2.14. The Morgan fingerprint density at radius 1 is 1.38 bits per heavy atom. The van der Waals surface area contributed by atoms with Crippen LogP contribution < -0.4 is 15.6 Å². The van der Waals surface area contributed by atoms with E-state index in [1.54, 1.807) is 19.1 Å². The van der Waals surface area contributed by atoms with Crippen LogP contribution in [0.3, 0.4) is 0 Å². The van der Waals surface area contributed by atoms with Crippen molar-refractivity contribution in [3.63, 3.8) is 0 Å². The van der Waals surface area contributed by atoms with Crippen molar-refractivity contribution in [1.29, 1.82) is 0 Å². The molecule has 0 radical (unpaired) electrons. The molecule has 1 unspecified atom stereocenters. The van der Waals surface area contributed by atoms with Gasteiger partial charge in [0.25, 0.3) is 11.5 Å². The van der Waals surface area contributed by atoms with Crippen LogP contribution in [-0.2, 0) is 0 Å². The van der Waals surface area contributed by atoms with E-state index in [1.807, 2.05) is 0 Å². The van der Waals surface area contributed by atoms with Gasteiger partial charge in [-0.3, -0.25) is 9.59 Å². The zero-order valence-electron chi connectivity index (χ0n) is 11.4. The SMILES string of the molecule is CC(COc1cccc(F)c1)NC(=O)c1ccc[nH]c1=O. The third-order valence-corrected chi connectivity index (χ3v) is 2.74. The summed E-state index contributed by atoms with van der Waals surface area (Å²) >= 11 is 0. The number of hydrogen-bond donors (Lipinski definition) is 2. The highest BCUT2D eigenvalue weighted by Gasteiger charge is 2.13. The number of halogens is 1. The maximum absolute atomic E-state index is 13.0. The van der Waals surface area contributed by atoms with E-state index in [1.165, 1.54) is 30.5 Å². The third-order valence-electron chi connectivity index (χ3n) is 2.74. The molecule has 0 saturated heterocycles. The highest BCUT2D eigenvalue weighted by atomic mass is 19.1. The molecule has 0 fully saturated rings. The first-order chi connectivity index (χ1) is 10.1. The molecule has 1 heterocycles. The van der Waals surface area contributed by atoms with Crippen molar-refractivity contribution in [1.82, 2.24) is 10.3 Å². The molecule has 0 aliphatic carbocycles. The number of aromatic amines is 1. The van der Waals surface area contributed by atoms with Crippen molar-refractivity contribution < 1.29 is 13.9 Å². The average Bonchev–Trinajstić information content (AvgIpc) is 2.45. The number of hydrogen-bond acceptors (Lipinski definition) is 3. The van der Waals surface area contributed by atoms with Gasteiger partial charge in [-0.05, 0) is 31.2 Å². The number of pyridine rings is 1. The van der Waals surface area contributed by atoms with Crippen LogP contribution in [0.15, 0.2) is 47.4 Å². The topological polar surface area (TPSA) is 71.2 Å². The summed E-state index contributed by atoms with van der Waals surface area (Å²) in [6, 6.07) is 8.42. The van der Waals surface area contributed by atoms with E-state index in [4.69, 9.17) is 4.74 Å². The quantitative estimate of drug-likeness (QED) is 0.880. The normalized spacial score (nSPS) is 11.7. The molecule has 1 aromatic carbocycles. The van der Waals surface area contributed by atoms with Gasteiger partial charge < -0.3 is 15.0 Å². The first kappa shape index (κ1) is 14.8. The summed E-state index contributed by atoms with van der Waals surface area (Å²) in [5.41, 5.74) is -0.414. The zero-order valence-corrected chi connectivity index (χ0v) is 11.4. The molecule has 5 nitrogen and oxygen atoms in total. The van der Waals surface area contributed by atoms with Crippen molar-refractivity contribution in [2.24, 2.45) is 0 Å². The van der Waals surface area contributed by atoms with Crippen LogP contribution in [-0.4, -0.2) is 23.5 Å². The average molecular weight is 290 g/mol. The molecule has 1 atom stereocenters. The van der Waals surface area contributed by atoms with E-state index in [0.717, 1.165) is 0 Å². The molecule has 0 bridgehead atoms. The molecular weight excluding hydrogens is 275 g/mol. The summed E-state index contributed by atoms with van der Waals surface area (Å²) in [6.07, 6.45) is 1.45. The monoisotopic (exact) mass is 290 g/mol. The molecule has 110 valence electrons. The predicted octanol–water partition coefficient (Wildman–Crippen LogP) is 1.71. The molecule has 1 amide bonds. The Kier molecular flexibility index (Phi) is 4.71. The minimum Gasteiger partial charge on any atom is -0.491 e. The third kappa shape index (κ3) is 4.17. The Morgan fingerprint density at radius 2 is 2.19 bits per heavy atom. The highest BCUT2D eigenvalue weighted by Crippen LogP contribution is 2.12. The molecule has 0 aliphatic heterocycles. The van der Waals surface area contributed by atoms with Crippen molar-refractivity contribution in [2.45, 2.75) is 13.0 Å². The summed E-state index contributed by atoms with van der Waals surface area (Å²) in [7, 11) is 0. The van der Waals surface area contributed by atoms with Gasteiger partial charge in [-0.2, -0.15) is 0 Å². The van der Waals surface area contributed by atoms with Gasteiger partial charge in [0.05, 0.1) is 6.04 Å². The standard InChI is InChI=1S/C15H15FN2O3/c1-10(9-21-12-5-2-4-11(16)8-12)18-15(20)13-6-3-7-17-14(13)19/h2-8,10H,9H2,1H3,(H,17,19)(H,18,20). The molecule has 6 heteroatoms. The molecule has 0 aliphatic rings. The lowest BCUT2D eigenvalue weighted by Crippen LogP contribution is -2.39. The van der Waals surface area contributed by atoms with E-state index < -0.39 is 11.5 Å². The number of nitrogens with one attached hydrogen (secondary N) is 2. The number of amides is 1. The first-order valence-electron chi connectivity index (χ1n) is 6.43. The summed E-state index contributed by atoms with van der Waals surface area (Å²) in [4.78, 5) is 25.8. The zero-order chi connectivity index (χ0) is 15.2. The Balaban J connectivity index is 1.90. The van der Waals surface area contributed by atoms with Gasteiger partial charge in [0.2, 0.25) is 0 Å². The van der Waals surface area contributed by atoms with Crippen LogP contribution in [0.1, 0.15) is 17.3 Å². The second-order valence-electron chi connectivity index (χ2n) is 4.56. The van der Waals surface area contributed by atoms with E-state index in [-0.39, 0.29) is 24.0 Å². The van der Waals surface area contributed by atoms with Crippen LogP contribution in [0.25, 0.3) is 0 Å². The first-order valence-corrected chi connectivity index (χ1v) is 6.43. The lowest BCUT2D eigenvalue weighted by molar-refractivity contribution is 0.0925. The van der Waals surface area contributed by atoms with Gasteiger partial charge in [0, 0.05) is 12.3 Å². The van der Waals surface area contributed by atoms with E-state index in [0.29, 0.717) is 5.75 Å². The second kappa shape index (κ2) is 6.69. The maximum Gasteiger partial charge on any atom is 0.260 e. The molecule has 2 rings (SSSR count). The molecular formula is C15H15FN2O3. The number of rotatable bonds is 5. The summed E-state index contributed by atoms with van der Waals surface area (Å²) < 4.78 is 18.4. The molecule has 0 saturated carbocycles. The molecule has 2 aromatic rings. The smallest absolute Gasteiger partial charge is 0.260 e. The van der Waals surface area contributed by atoms with Gasteiger partial charge >= 0.3 is 0 Å². The largest absolute Gasteiger partial charge is 0.491 e. The van der Waals surface area contributed by atoms with Crippen molar-refractivity contribution in [3.8, 4) is 5.75 Å². The minimum absolute atomic E-state index is 0.0371. The number of benzene rings is 1. The Hall–Kier alpha value is -2.63. The van der Waals surface area contributed by atoms with Gasteiger partial charge in [-0.15, -0.1) is 0 Å². The minimum atomic E-state index is -0.479. The highest BCUT2D eigenvalue weighted by molar-refractivity contribution is 5.93. The molecule has 0 spiro atoms. The van der Waals surface area contributed by atoms with Gasteiger partial charge in [0.1, 0.15) is 23.7 Å². The fourth-order valence-corrected chi connectivity index (χ4v) is 1.72. The number of carbonyl (C=O) groups excluding carboxylic acids is 1. The van der Waals surface area contributed by atoms with Crippen LogP contribution in [0, 0.1) is 5.82 Å². The van der Waals surface area contributed by atoms with E-state index in [9.17, 15) is 14.0 Å². The Bertz CT molecular complexity index is 684. The van der Waals surface area contributed by atoms with Crippen LogP contribution >= 0.6 is 0 Å². The van der Waals surface area contributed by atoms with E-state index >= 15 is 0 Å².